The van der Waals surface area contributed by atoms with Crippen molar-refractivity contribution >= 4 is 15.9 Å². The maximum Gasteiger partial charge on any atom is 1.00 e. The van der Waals surface area contributed by atoms with Crippen molar-refractivity contribution in [3.05, 3.63) is 0 Å². The standard InChI is InChI=1S/C16H32O6.C3H8O4S.Na/c1-2-3-4-5-6-7-8-9-10-12(18)14(20)16(22)15(21)13(19)11-17;4-2-1-3-8(5,6)7;/h13-17,19-22H,2-11H2,1H3;4H,1-3H2,(H,5,6,7);/q;;+1/p-1. The van der Waals surface area contributed by atoms with E-state index < -0.39 is 52.7 Å². The molecule has 10 nitrogen and oxygen atoms in total. The van der Waals surface area contributed by atoms with E-state index in [9.17, 15) is 38.2 Å². The van der Waals surface area contributed by atoms with Crippen LogP contribution in [-0.4, -0.2) is 92.8 Å². The summed E-state index contributed by atoms with van der Waals surface area (Å²) in [7, 11) is -4.10. The second-order valence-electron chi connectivity index (χ2n) is 7.21. The van der Waals surface area contributed by atoms with Gasteiger partial charge in [-0.05, 0) is 12.8 Å². The predicted octanol–water partition coefficient (Wildman–Crippen LogP) is -3.56. The zero-order chi connectivity index (χ0) is 23.6. The quantitative estimate of drug-likeness (QED) is 0.0686. The molecule has 6 N–H and O–H groups in total. The van der Waals surface area contributed by atoms with Gasteiger partial charge in [-0.25, -0.2) is 8.42 Å². The molecule has 0 rings (SSSR count). The molecule has 0 aliphatic rings. The SMILES string of the molecule is CCCCCCCCCCC(=O)C(O)C(O)C(O)C(O)CO.O=S(=O)([O-])CCCO.[Na+]. The second kappa shape index (κ2) is 22.1. The minimum Gasteiger partial charge on any atom is -0.748 e. The van der Waals surface area contributed by atoms with Gasteiger partial charge < -0.3 is 35.2 Å². The minimum absolute atomic E-state index is 0. The topological polar surface area (TPSA) is 196 Å². The van der Waals surface area contributed by atoms with Crippen LogP contribution >= 0.6 is 0 Å². The Hall–Kier alpha value is 0.340. The van der Waals surface area contributed by atoms with Gasteiger partial charge in [0.1, 0.15) is 24.4 Å². The molecule has 0 heterocycles. The summed E-state index contributed by atoms with van der Waals surface area (Å²) in [6.07, 6.45) is 1.93. The van der Waals surface area contributed by atoms with E-state index in [1.54, 1.807) is 0 Å². The van der Waals surface area contributed by atoms with Crippen LogP contribution < -0.4 is 29.6 Å². The van der Waals surface area contributed by atoms with Gasteiger partial charge in [-0.1, -0.05) is 51.9 Å². The van der Waals surface area contributed by atoms with Gasteiger partial charge in [0.25, 0.3) is 0 Å². The summed E-state index contributed by atoms with van der Waals surface area (Å²) < 4.78 is 29.2. The van der Waals surface area contributed by atoms with Crippen LogP contribution in [0.5, 0.6) is 0 Å². The Morgan fingerprint density at radius 2 is 1.32 bits per heavy atom. The third-order valence-corrected chi connectivity index (χ3v) is 5.20. The Morgan fingerprint density at radius 3 is 1.71 bits per heavy atom. The average molecular weight is 483 g/mol. The summed E-state index contributed by atoms with van der Waals surface area (Å²) in [6.45, 7) is 1.17. The first kappa shape index (κ1) is 35.9. The number of unbranched alkanes of at least 4 members (excludes halogenated alkanes) is 7. The number of carbonyl (C=O) groups is 1. The summed E-state index contributed by atoms with van der Waals surface area (Å²) in [5, 5.41) is 54.6. The molecule has 182 valence electrons. The van der Waals surface area contributed by atoms with Gasteiger partial charge in [0, 0.05) is 18.8 Å². The van der Waals surface area contributed by atoms with E-state index >= 15 is 0 Å². The third kappa shape index (κ3) is 21.9. The normalized spacial score (nSPS) is 15.1. The Kier molecular flexibility index (Phi) is 25.7. The fraction of sp³-hybridized carbons (Fsp3) is 0.947. The van der Waals surface area contributed by atoms with Gasteiger partial charge in [-0.3, -0.25) is 4.79 Å². The Morgan fingerprint density at radius 1 is 0.839 bits per heavy atom. The smallest absolute Gasteiger partial charge is 0.748 e. The van der Waals surface area contributed by atoms with E-state index in [0.29, 0.717) is 6.42 Å². The van der Waals surface area contributed by atoms with Crippen molar-refractivity contribution in [2.75, 3.05) is 19.0 Å². The van der Waals surface area contributed by atoms with Crippen molar-refractivity contribution in [2.24, 2.45) is 0 Å². The summed E-state index contributed by atoms with van der Waals surface area (Å²) in [5.74, 6) is -1.02. The molecule has 0 amide bonds. The second-order valence-corrected chi connectivity index (χ2v) is 8.73. The van der Waals surface area contributed by atoms with Crippen molar-refractivity contribution < 1.29 is 78.0 Å². The number of hydrogen-bond acceptors (Lipinski definition) is 10. The molecule has 12 heteroatoms. The summed E-state index contributed by atoms with van der Waals surface area (Å²) >= 11 is 0. The fourth-order valence-corrected chi connectivity index (χ4v) is 3.02. The molecule has 0 aromatic rings. The maximum atomic E-state index is 11.7. The van der Waals surface area contributed by atoms with Gasteiger partial charge in [-0.15, -0.1) is 0 Å². The molecule has 0 saturated heterocycles. The van der Waals surface area contributed by atoms with Gasteiger partial charge >= 0.3 is 29.6 Å². The number of rotatable bonds is 17. The Balaban J connectivity index is -0.000000739. The van der Waals surface area contributed by atoms with Crippen LogP contribution in [-0.2, 0) is 14.9 Å². The Labute approximate surface area is 207 Å². The molecule has 0 aromatic heterocycles. The molecule has 0 saturated carbocycles. The number of Topliss-reactive ketones (excluding diaryl/α,β-unsaturated/α-hetero) is 1. The zero-order valence-corrected chi connectivity index (χ0v) is 21.5. The average Bonchev–Trinajstić information content (AvgIpc) is 2.71. The Bertz CT molecular complexity index is 518. The van der Waals surface area contributed by atoms with Crippen molar-refractivity contribution in [3.63, 3.8) is 0 Å². The zero-order valence-electron chi connectivity index (χ0n) is 18.7. The number of aliphatic hydroxyl groups excluding tert-OH is 6. The van der Waals surface area contributed by atoms with E-state index in [2.05, 4.69) is 6.92 Å². The molecule has 0 aliphatic carbocycles. The third-order valence-electron chi connectivity index (χ3n) is 4.41. The maximum absolute atomic E-state index is 11.7. The van der Waals surface area contributed by atoms with Crippen LogP contribution in [0.4, 0.5) is 0 Å². The minimum atomic E-state index is -4.10. The molecule has 0 bridgehead atoms. The number of aliphatic hydroxyl groups is 6. The van der Waals surface area contributed by atoms with E-state index in [1.165, 1.54) is 25.7 Å². The molecular weight excluding hydrogens is 443 g/mol. The number of hydrogen-bond donors (Lipinski definition) is 6. The number of carbonyl (C=O) groups excluding carboxylic acids is 1. The van der Waals surface area contributed by atoms with Crippen molar-refractivity contribution in [2.45, 2.75) is 95.5 Å². The van der Waals surface area contributed by atoms with Crippen LogP contribution in [0.2, 0.25) is 0 Å². The molecule has 4 unspecified atom stereocenters. The van der Waals surface area contributed by atoms with Gasteiger partial charge in [0.15, 0.2) is 5.78 Å². The summed E-state index contributed by atoms with van der Waals surface area (Å²) in [5.41, 5.74) is 0. The van der Waals surface area contributed by atoms with Crippen molar-refractivity contribution in [1.29, 1.82) is 0 Å². The molecule has 0 aliphatic heterocycles. The van der Waals surface area contributed by atoms with E-state index in [0.717, 1.165) is 19.3 Å². The molecule has 31 heavy (non-hydrogen) atoms. The van der Waals surface area contributed by atoms with Crippen molar-refractivity contribution in [3.8, 4) is 0 Å². The van der Waals surface area contributed by atoms with Crippen molar-refractivity contribution in [1.82, 2.24) is 0 Å². The molecular formula is C19H39NaO10S. The largest absolute Gasteiger partial charge is 1.00 e. The monoisotopic (exact) mass is 482 g/mol. The predicted molar refractivity (Wildman–Crippen MR) is 110 cm³/mol. The fourth-order valence-electron chi connectivity index (χ4n) is 2.54. The van der Waals surface area contributed by atoms with E-state index in [4.69, 9.17) is 10.2 Å². The molecule has 4 atom stereocenters. The molecule has 0 aromatic carbocycles. The van der Waals surface area contributed by atoms with Crippen LogP contribution in [0, 0.1) is 0 Å². The molecule has 0 spiro atoms. The van der Waals surface area contributed by atoms with Crippen LogP contribution in [0.1, 0.15) is 71.1 Å². The van der Waals surface area contributed by atoms with E-state index in [1.807, 2.05) is 0 Å². The summed E-state index contributed by atoms with van der Waals surface area (Å²) in [6, 6.07) is 0. The van der Waals surface area contributed by atoms with Crippen LogP contribution in [0.15, 0.2) is 0 Å². The van der Waals surface area contributed by atoms with E-state index in [-0.39, 0.29) is 49.0 Å². The first-order chi connectivity index (χ1) is 14.0. The number of ketones is 1. The van der Waals surface area contributed by atoms with Crippen LogP contribution in [0.25, 0.3) is 0 Å². The van der Waals surface area contributed by atoms with Gasteiger partial charge in [0.2, 0.25) is 0 Å². The first-order valence-corrected chi connectivity index (χ1v) is 12.0. The van der Waals surface area contributed by atoms with Crippen LogP contribution in [0.3, 0.4) is 0 Å². The van der Waals surface area contributed by atoms with Gasteiger partial charge in [-0.2, -0.15) is 0 Å². The first-order valence-electron chi connectivity index (χ1n) is 10.4. The molecule has 0 radical (unpaired) electrons. The summed E-state index contributed by atoms with van der Waals surface area (Å²) in [4.78, 5) is 11.7. The van der Waals surface area contributed by atoms with Gasteiger partial charge in [0.05, 0.1) is 16.7 Å². The molecule has 0 fully saturated rings.